The summed E-state index contributed by atoms with van der Waals surface area (Å²) >= 11 is 3.63. The van der Waals surface area contributed by atoms with Crippen molar-refractivity contribution in [3.63, 3.8) is 0 Å². The molecule has 0 fully saturated rings. The number of hydrogen-bond donors (Lipinski definition) is 4. The lowest BCUT2D eigenvalue weighted by atomic mass is 10.1. The summed E-state index contributed by atoms with van der Waals surface area (Å²) in [4.78, 5) is 1.60. The van der Waals surface area contributed by atoms with Crippen LogP contribution < -0.4 is 11.5 Å². The number of nitrogens with two attached hydrogens (primary N) is 2. The number of hydrogen-bond acceptors (Lipinski definition) is 5. The van der Waals surface area contributed by atoms with Crippen molar-refractivity contribution in [1.82, 2.24) is 0 Å². The molecule has 6 N–H and O–H groups in total. The van der Waals surface area contributed by atoms with E-state index in [1.165, 1.54) is 36.0 Å². The average Bonchev–Trinajstić information content (AvgIpc) is 2.55. The molecule has 0 saturated carbocycles. The second-order valence-electron chi connectivity index (χ2n) is 5.31. The minimum Gasteiger partial charge on any atom is -0.379 e. The zero-order chi connectivity index (χ0) is 19.3. The number of thioether (sulfide) groups is 2. The van der Waals surface area contributed by atoms with Gasteiger partial charge in [-0.25, -0.2) is 8.78 Å². The van der Waals surface area contributed by atoms with Crippen LogP contribution in [0.4, 0.5) is 8.78 Å². The highest BCUT2D eigenvalue weighted by Crippen LogP contribution is 2.40. The summed E-state index contributed by atoms with van der Waals surface area (Å²) in [6.07, 6.45) is 0. The van der Waals surface area contributed by atoms with Crippen LogP contribution in [0, 0.1) is 22.5 Å². The van der Waals surface area contributed by atoms with Gasteiger partial charge in [0.25, 0.3) is 0 Å². The largest absolute Gasteiger partial charge is 0.379 e. The van der Waals surface area contributed by atoms with Crippen molar-refractivity contribution in [2.24, 2.45) is 11.5 Å². The van der Waals surface area contributed by atoms with E-state index in [0.717, 1.165) is 33.3 Å². The molecule has 0 aromatic heterocycles. The highest BCUT2D eigenvalue weighted by molar-refractivity contribution is 8.14. The summed E-state index contributed by atoms with van der Waals surface area (Å²) in [7, 11) is 0. The lowest BCUT2D eigenvalue weighted by Crippen LogP contribution is -2.07. The normalized spacial score (nSPS) is 12.0. The van der Waals surface area contributed by atoms with Crippen LogP contribution in [0.2, 0.25) is 0 Å². The lowest BCUT2D eigenvalue weighted by Gasteiger charge is -2.16. The minimum absolute atomic E-state index is 0.0424. The second kappa shape index (κ2) is 9.29. The Hall–Kier alpha value is -1.71. The molecule has 1 unspecified atom stereocenters. The fraction of sp³-hybridized carbons (Fsp3) is 0.176. The highest BCUT2D eigenvalue weighted by atomic mass is 32.2. The molecule has 9 heteroatoms. The van der Waals surface area contributed by atoms with Crippen LogP contribution in [-0.2, 0) is 5.75 Å². The first kappa shape index (κ1) is 20.6. The monoisotopic (exact) mass is 412 g/mol. The highest BCUT2D eigenvalue weighted by Gasteiger charge is 2.16. The van der Waals surface area contributed by atoms with Crippen molar-refractivity contribution >= 4 is 45.6 Å². The van der Waals surface area contributed by atoms with E-state index in [4.69, 9.17) is 22.3 Å². The van der Waals surface area contributed by atoms with Crippen LogP contribution in [0.1, 0.15) is 23.3 Å². The molecule has 0 radical (unpaired) electrons. The van der Waals surface area contributed by atoms with Gasteiger partial charge < -0.3 is 11.5 Å². The van der Waals surface area contributed by atoms with E-state index in [9.17, 15) is 8.78 Å². The Morgan fingerprint density at radius 3 is 2.23 bits per heavy atom. The minimum atomic E-state index is -0.369. The molecule has 0 aliphatic carbocycles. The van der Waals surface area contributed by atoms with Crippen LogP contribution in [0.3, 0.4) is 0 Å². The van der Waals surface area contributed by atoms with Crippen molar-refractivity contribution in [3.8, 4) is 0 Å². The van der Waals surface area contributed by atoms with Crippen LogP contribution in [-0.4, -0.2) is 10.3 Å². The molecule has 0 saturated heterocycles. The average molecular weight is 413 g/mol. The van der Waals surface area contributed by atoms with Gasteiger partial charge in [-0.1, -0.05) is 35.3 Å². The molecule has 0 bridgehead atoms. The van der Waals surface area contributed by atoms with Gasteiger partial charge in [-0.2, -0.15) is 0 Å². The number of nitrogens with one attached hydrogen (secondary N) is 2. The third kappa shape index (κ3) is 5.93. The summed E-state index contributed by atoms with van der Waals surface area (Å²) in [5, 5.41) is 14.5. The van der Waals surface area contributed by atoms with E-state index < -0.39 is 0 Å². The maximum atomic E-state index is 13.7. The Bertz CT molecular complexity index is 830. The van der Waals surface area contributed by atoms with Crippen LogP contribution in [0.5, 0.6) is 0 Å². The third-order valence-electron chi connectivity index (χ3n) is 3.34. The molecule has 0 heterocycles. The summed E-state index contributed by atoms with van der Waals surface area (Å²) in [5.41, 5.74) is 12.2. The zero-order valence-electron chi connectivity index (χ0n) is 13.9. The molecule has 26 heavy (non-hydrogen) atoms. The molecular formula is C17H18F2N4S3. The first-order valence-corrected chi connectivity index (χ1v) is 10.2. The third-order valence-corrected chi connectivity index (χ3v) is 6.18. The first-order chi connectivity index (χ1) is 12.3. The molecule has 138 valence electrons. The van der Waals surface area contributed by atoms with Gasteiger partial charge in [-0.3, -0.25) is 10.8 Å². The fourth-order valence-corrected chi connectivity index (χ4v) is 4.76. The van der Waals surface area contributed by atoms with E-state index >= 15 is 0 Å². The SMILES string of the molecule is CC(SC(=N)N)c1cc(F)ccc1Sc1ccc(F)cc1CSC(=N)N. The Labute approximate surface area is 163 Å². The summed E-state index contributed by atoms with van der Waals surface area (Å²) in [6, 6.07) is 8.89. The van der Waals surface area contributed by atoms with Gasteiger partial charge in [0.2, 0.25) is 0 Å². The van der Waals surface area contributed by atoms with Crippen LogP contribution in [0.25, 0.3) is 0 Å². The fourth-order valence-electron chi connectivity index (χ4n) is 2.22. The number of rotatable bonds is 6. The van der Waals surface area contributed by atoms with E-state index in [1.54, 1.807) is 12.1 Å². The summed E-state index contributed by atoms with van der Waals surface area (Å²) in [5.74, 6) is -0.371. The zero-order valence-corrected chi connectivity index (χ0v) is 16.3. The van der Waals surface area contributed by atoms with E-state index in [0.29, 0.717) is 16.9 Å². The Morgan fingerprint density at radius 2 is 1.62 bits per heavy atom. The molecule has 4 nitrogen and oxygen atoms in total. The summed E-state index contributed by atoms with van der Waals surface area (Å²) in [6.45, 7) is 1.85. The smallest absolute Gasteiger partial charge is 0.151 e. The molecule has 0 amide bonds. The van der Waals surface area contributed by atoms with Gasteiger partial charge in [-0.05, 0) is 54.4 Å². The Kier molecular flexibility index (Phi) is 7.36. The van der Waals surface area contributed by atoms with E-state index in [1.807, 2.05) is 6.92 Å². The van der Waals surface area contributed by atoms with Crippen molar-refractivity contribution < 1.29 is 8.78 Å². The van der Waals surface area contributed by atoms with Crippen LogP contribution in [0.15, 0.2) is 46.2 Å². The molecule has 0 spiro atoms. The van der Waals surface area contributed by atoms with Gasteiger partial charge in [0.1, 0.15) is 11.6 Å². The maximum Gasteiger partial charge on any atom is 0.151 e. The Morgan fingerprint density at radius 1 is 1.00 bits per heavy atom. The van der Waals surface area contributed by atoms with Gasteiger partial charge in [0.15, 0.2) is 10.3 Å². The number of halogens is 2. The predicted octanol–water partition coefficient (Wildman–Crippen LogP) is 4.93. The quantitative estimate of drug-likeness (QED) is 0.398. The van der Waals surface area contributed by atoms with Gasteiger partial charge >= 0.3 is 0 Å². The van der Waals surface area contributed by atoms with Crippen molar-refractivity contribution in [2.45, 2.75) is 27.7 Å². The van der Waals surface area contributed by atoms with Crippen LogP contribution >= 0.6 is 35.3 Å². The molecule has 2 aromatic carbocycles. The number of benzene rings is 2. The Balaban J connectivity index is 2.36. The topological polar surface area (TPSA) is 99.7 Å². The molecule has 0 aliphatic rings. The molecule has 0 aliphatic heterocycles. The molecular weight excluding hydrogens is 394 g/mol. The lowest BCUT2D eigenvalue weighted by molar-refractivity contribution is 0.623. The second-order valence-corrected chi connectivity index (χ2v) is 8.80. The maximum absolute atomic E-state index is 13.7. The van der Waals surface area contributed by atoms with Gasteiger partial charge in [0.05, 0.1) is 0 Å². The van der Waals surface area contributed by atoms with E-state index in [-0.39, 0.29) is 27.2 Å². The summed E-state index contributed by atoms with van der Waals surface area (Å²) < 4.78 is 27.4. The predicted molar refractivity (Wildman–Crippen MR) is 108 cm³/mol. The van der Waals surface area contributed by atoms with Crippen molar-refractivity contribution in [1.29, 1.82) is 10.8 Å². The molecule has 1 atom stereocenters. The van der Waals surface area contributed by atoms with Crippen molar-refractivity contribution in [3.05, 3.63) is 59.2 Å². The van der Waals surface area contributed by atoms with Crippen molar-refractivity contribution in [2.75, 3.05) is 0 Å². The van der Waals surface area contributed by atoms with Gasteiger partial charge in [0, 0.05) is 20.8 Å². The van der Waals surface area contributed by atoms with Gasteiger partial charge in [-0.15, -0.1) is 0 Å². The molecule has 2 rings (SSSR count). The number of amidine groups is 2. The first-order valence-electron chi connectivity index (χ1n) is 7.49. The van der Waals surface area contributed by atoms with E-state index in [2.05, 4.69) is 0 Å². The standard InChI is InChI=1S/C17H18F2N4S3/c1-9(25-17(22)23)13-7-12(19)3-5-15(13)26-14-4-2-11(18)6-10(14)8-24-16(20)21/h2-7,9H,8H2,1H3,(H3,20,21)(H3,22,23). The molecule has 2 aromatic rings.